The highest BCUT2D eigenvalue weighted by Crippen LogP contribution is 2.32. The summed E-state index contributed by atoms with van der Waals surface area (Å²) in [5.41, 5.74) is 1.40. The summed E-state index contributed by atoms with van der Waals surface area (Å²) in [4.78, 5) is 0. The van der Waals surface area contributed by atoms with E-state index in [1.54, 1.807) is 24.3 Å². The molecule has 3 aromatic rings. The summed E-state index contributed by atoms with van der Waals surface area (Å²) in [6, 6.07) is 12.7. The second-order valence-electron chi connectivity index (χ2n) is 3.64. The van der Waals surface area contributed by atoms with Crippen LogP contribution in [-0.4, -0.2) is 9.94 Å². The summed E-state index contributed by atoms with van der Waals surface area (Å²) in [6.45, 7) is 0. The fourth-order valence-electron chi connectivity index (χ4n) is 1.98. The van der Waals surface area contributed by atoms with Crippen molar-refractivity contribution >= 4 is 10.9 Å². The lowest BCUT2D eigenvalue weighted by atomic mass is 10.1. The Morgan fingerprint density at radius 2 is 2.00 bits per heavy atom. The van der Waals surface area contributed by atoms with Gasteiger partial charge in [0.1, 0.15) is 11.8 Å². The van der Waals surface area contributed by atoms with Crippen LogP contribution in [0.2, 0.25) is 0 Å². The van der Waals surface area contributed by atoms with E-state index in [1.807, 2.05) is 12.1 Å². The van der Waals surface area contributed by atoms with Crippen molar-refractivity contribution in [2.75, 3.05) is 0 Å². The van der Waals surface area contributed by atoms with E-state index in [0.29, 0.717) is 27.9 Å². The molecule has 0 amide bonds. The van der Waals surface area contributed by atoms with Gasteiger partial charge < -0.3 is 9.62 Å². The third kappa shape index (κ3) is 1.23. The monoisotopic (exact) mass is 224 g/mol. The van der Waals surface area contributed by atoms with Gasteiger partial charge in [-0.3, -0.25) is 0 Å². The molecule has 82 valence electrons. The highest BCUT2D eigenvalue weighted by Gasteiger charge is 2.19. The predicted molar refractivity (Wildman–Crippen MR) is 61.5 cm³/mol. The van der Waals surface area contributed by atoms with Gasteiger partial charge in [-0.2, -0.15) is 9.99 Å². The van der Waals surface area contributed by atoms with Crippen molar-refractivity contribution in [2.45, 2.75) is 0 Å². The average Bonchev–Trinajstić information content (AvgIpc) is 2.96. The van der Waals surface area contributed by atoms with Crippen molar-refractivity contribution in [3.63, 3.8) is 0 Å². The van der Waals surface area contributed by atoms with E-state index >= 15 is 0 Å². The normalized spacial score (nSPS) is 10.5. The first kappa shape index (κ1) is 9.55. The van der Waals surface area contributed by atoms with Crippen LogP contribution in [-0.2, 0) is 0 Å². The van der Waals surface area contributed by atoms with E-state index in [9.17, 15) is 10.5 Å². The van der Waals surface area contributed by atoms with Crippen LogP contribution < -0.4 is 0 Å². The first-order valence-electron chi connectivity index (χ1n) is 5.09. The van der Waals surface area contributed by atoms with Crippen LogP contribution in [0.25, 0.3) is 22.4 Å². The predicted octanol–water partition coefficient (Wildman–Crippen LogP) is 3.01. The third-order valence-electron chi connectivity index (χ3n) is 2.72. The maximum absolute atomic E-state index is 10.1. The number of para-hydroxylation sites is 1. The molecular formula is C13H8N2O2. The summed E-state index contributed by atoms with van der Waals surface area (Å²) in [5.74, 6) is 0.472. The van der Waals surface area contributed by atoms with Crippen LogP contribution in [0.4, 0.5) is 0 Å². The Hall–Kier alpha value is -2.67. The van der Waals surface area contributed by atoms with Gasteiger partial charge >= 0.3 is 0 Å². The van der Waals surface area contributed by atoms with E-state index in [-0.39, 0.29) is 0 Å². The highest BCUT2D eigenvalue weighted by atomic mass is 16.5. The number of rotatable bonds is 1. The van der Waals surface area contributed by atoms with Gasteiger partial charge in [0.2, 0.25) is 0 Å². The van der Waals surface area contributed by atoms with Crippen molar-refractivity contribution < 1.29 is 9.62 Å². The Balaban J connectivity index is 2.47. The molecule has 1 N–H and O–H groups in total. The lowest BCUT2D eigenvalue weighted by Gasteiger charge is -1.98. The molecule has 0 radical (unpaired) electrons. The molecule has 0 bridgehead atoms. The van der Waals surface area contributed by atoms with Gasteiger partial charge in [0, 0.05) is 5.39 Å². The van der Waals surface area contributed by atoms with Crippen LogP contribution in [0.15, 0.2) is 47.1 Å². The zero-order chi connectivity index (χ0) is 11.8. The SMILES string of the molecule is N#Cc1c(-c2ccco2)n(O)c2ccccc12. The summed E-state index contributed by atoms with van der Waals surface area (Å²) >= 11 is 0. The number of aromatic nitrogens is 1. The molecule has 3 rings (SSSR count). The molecule has 0 saturated carbocycles. The lowest BCUT2D eigenvalue weighted by Crippen LogP contribution is -1.92. The number of nitrogens with zero attached hydrogens (tertiary/aromatic N) is 2. The van der Waals surface area contributed by atoms with Gasteiger partial charge in [-0.25, -0.2) is 0 Å². The Bertz CT molecular complexity index is 718. The molecule has 2 aromatic heterocycles. The van der Waals surface area contributed by atoms with E-state index in [0.717, 1.165) is 4.73 Å². The van der Waals surface area contributed by atoms with Crippen LogP contribution in [0.5, 0.6) is 0 Å². The standard InChI is InChI=1S/C13H8N2O2/c14-8-10-9-4-1-2-5-11(9)15(16)13(10)12-6-3-7-17-12/h1-7,16H. The maximum atomic E-state index is 10.1. The molecule has 0 spiro atoms. The first-order chi connectivity index (χ1) is 8.33. The van der Waals surface area contributed by atoms with E-state index in [1.165, 1.54) is 6.26 Å². The second kappa shape index (κ2) is 3.42. The summed E-state index contributed by atoms with van der Waals surface area (Å²) in [5, 5.41) is 20.0. The molecule has 0 aliphatic carbocycles. The summed E-state index contributed by atoms with van der Waals surface area (Å²) < 4.78 is 6.23. The van der Waals surface area contributed by atoms with Gasteiger partial charge in [-0.05, 0) is 18.2 Å². The number of hydrogen-bond donors (Lipinski definition) is 1. The number of furan rings is 1. The van der Waals surface area contributed by atoms with Crippen molar-refractivity contribution in [2.24, 2.45) is 0 Å². The molecule has 0 saturated heterocycles. The lowest BCUT2D eigenvalue weighted by molar-refractivity contribution is 0.203. The molecule has 0 atom stereocenters. The molecule has 2 heterocycles. The highest BCUT2D eigenvalue weighted by molar-refractivity contribution is 5.93. The van der Waals surface area contributed by atoms with Crippen LogP contribution in [0.1, 0.15) is 5.56 Å². The largest absolute Gasteiger partial charge is 0.463 e. The number of benzene rings is 1. The Kier molecular flexibility index (Phi) is 1.92. The van der Waals surface area contributed by atoms with Gasteiger partial charge in [0.25, 0.3) is 0 Å². The van der Waals surface area contributed by atoms with Crippen molar-refractivity contribution in [3.05, 3.63) is 48.2 Å². The van der Waals surface area contributed by atoms with Gasteiger partial charge in [-0.15, -0.1) is 0 Å². The smallest absolute Gasteiger partial charge is 0.155 e. The molecule has 0 aliphatic rings. The molecular weight excluding hydrogens is 216 g/mol. The summed E-state index contributed by atoms with van der Waals surface area (Å²) in [7, 11) is 0. The molecule has 0 unspecified atom stereocenters. The van der Waals surface area contributed by atoms with Crippen LogP contribution in [0.3, 0.4) is 0 Å². The van der Waals surface area contributed by atoms with Gasteiger partial charge in [0.05, 0.1) is 17.3 Å². The summed E-state index contributed by atoms with van der Waals surface area (Å²) in [6.07, 6.45) is 1.51. The molecule has 4 heteroatoms. The van der Waals surface area contributed by atoms with Crippen LogP contribution in [0, 0.1) is 11.3 Å². The number of nitriles is 1. The van der Waals surface area contributed by atoms with Crippen molar-refractivity contribution in [1.82, 2.24) is 4.73 Å². The van der Waals surface area contributed by atoms with Crippen molar-refractivity contribution in [1.29, 1.82) is 5.26 Å². The Morgan fingerprint density at radius 3 is 2.71 bits per heavy atom. The Morgan fingerprint density at radius 1 is 1.18 bits per heavy atom. The number of fused-ring (bicyclic) bond motifs is 1. The molecule has 1 aromatic carbocycles. The first-order valence-corrected chi connectivity index (χ1v) is 5.09. The Labute approximate surface area is 96.9 Å². The minimum atomic E-state index is 0.388. The van der Waals surface area contributed by atoms with Crippen LogP contribution >= 0.6 is 0 Å². The molecule has 4 nitrogen and oxygen atoms in total. The quantitative estimate of drug-likeness (QED) is 0.646. The van der Waals surface area contributed by atoms with E-state index in [2.05, 4.69) is 6.07 Å². The van der Waals surface area contributed by atoms with Gasteiger partial charge in [-0.1, -0.05) is 18.2 Å². The third-order valence-corrected chi connectivity index (χ3v) is 2.72. The van der Waals surface area contributed by atoms with E-state index < -0.39 is 0 Å². The topological polar surface area (TPSA) is 62.1 Å². The average molecular weight is 224 g/mol. The zero-order valence-electron chi connectivity index (χ0n) is 8.79. The van der Waals surface area contributed by atoms with Crippen molar-refractivity contribution in [3.8, 4) is 17.5 Å². The fraction of sp³-hybridized carbons (Fsp3) is 0. The van der Waals surface area contributed by atoms with Gasteiger partial charge in [0.15, 0.2) is 5.76 Å². The molecule has 0 fully saturated rings. The maximum Gasteiger partial charge on any atom is 0.155 e. The minimum absolute atomic E-state index is 0.388. The minimum Gasteiger partial charge on any atom is -0.463 e. The molecule has 0 aliphatic heterocycles. The fourth-order valence-corrected chi connectivity index (χ4v) is 1.98. The molecule has 17 heavy (non-hydrogen) atoms. The second-order valence-corrected chi connectivity index (χ2v) is 3.64. The number of hydrogen-bond acceptors (Lipinski definition) is 3. The van der Waals surface area contributed by atoms with E-state index in [4.69, 9.17) is 4.42 Å². The zero-order valence-corrected chi connectivity index (χ0v) is 8.79.